The van der Waals surface area contributed by atoms with Crippen LogP contribution in [0.1, 0.15) is 37.3 Å². The second kappa shape index (κ2) is 2.45. The zero-order valence-electron chi connectivity index (χ0n) is 5.93. The summed E-state index contributed by atoms with van der Waals surface area (Å²) in [4.78, 5) is 0. The van der Waals surface area contributed by atoms with Gasteiger partial charge in [-0.15, -0.1) is 0 Å². The van der Waals surface area contributed by atoms with Crippen molar-refractivity contribution >= 4 is 0 Å². The summed E-state index contributed by atoms with van der Waals surface area (Å²) in [5, 5.41) is 6.92. The van der Waals surface area contributed by atoms with E-state index < -0.39 is 0 Å². The molecule has 0 amide bonds. The number of aromatic amines is 1. The molecule has 0 aromatic carbocycles. The van der Waals surface area contributed by atoms with E-state index in [1.807, 2.05) is 0 Å². The van der Waals surface area contributed by atoms with Gasteiger partial charge in [-0.05, 0) is 12.8 Å². The van der Waals surface area contributed by atoms with Crippen LogP contribution in [0.2, 0.25) is 0 Å². The van der Waals surface area contributed by atoms with Crippen molar-refractivity contribution < 1.29 is 0 Å². The van der Waals surface area contributed by atoms with Crippen LogP contribution in [-0.2, 0) is 0 Å². The molecular weight excluding hydrogens is 124 g/mol. The molecule has 1 saturated carbocycles. The number of rotatable bonds is 1. The van der Waals surface area contributed by atoms with Gasteiger partial charge in [0.15, 0.2) is 0 Å². The van der Waals surface area contributed by atoms with Crippen molar-refractivity contribution in [1.82, 2.24) is 10.2 Å². The van der Waals surface area contributed by atoms with Gasteiger partial charge in [-0.25, -0.2) is 0 Å². The van der Waals surface area contributed by atoms with Crippen molar-refractivity contribution in [2.24, 2.45) is 0 Å². The first-order valence-electron chi connectivity index (χ1n) is 3.88. The van der Waals surface area contributed by atoms with E-state index in [-0.39, 0.29) is 0 Å². The average molecular weight is 135 g/mol. The van der Waals surface area contributed by atoms with Crippen molar-refractivity contribution in [2.45, 2.75) is 31.6 Å². The molecule has 1 aromatic rings. The summed E-state index contributed by atoms with van der Waals surface area (Å²) in [5.41, 5.74) is 1.14. The standard InChI is InChI=1S/C8H11N2/c1-2-4-7(3-1)8-5-6-9-10-8/h6-7H,1-4H2,(H,9,10). The van der Waals surface area contributed by atoms with Crippen LogP contribution in [0.3, 0.4) is 0 Å². The predicted octanol–water partition coefficient (Wildman–Crippen LogP) is 1.87. The fourth-order valence-corrected chi connectivity index (χ4v) is 1.65. The molecule has 0 spiro atoms. The highest BCUT2D eigenvalue weighted by Crippen LogP contribution is 2.32. The Morgan fingerprint density at radius 3 is 2.90 bits per heavy atom. The van der Waals surface area contributed by atoms with Gasteiger partial charge >= 0.3 is 0 Å². The number of hydrogen-bond donors (Lipinski definition) is 1. The van der Waals surface area contributed by atoms with E-state index in [0.29, 0.717) is 5.92 Å². The van der Waals surface area contributed by atoms with Crippen LogP contribution in [0.5, 0.6) is 0 Å². The van der Waals surface area contributed by atoms with Crippen LogP contribution in [0, 0.1) is 6.07 Å². The highest BCUT2D eigenvalue weighted by molar-refractivity contribution is 5.04. The second-order valence-electron chi connectivity index (χ2n) is 2.90. The van der Waals surface area contributed by atoms with Gasteiger partial charge in [-0.3, -0.25) is 5.10 Å². The van der Waals surface area contributed by atoms with Gasteiger partial charge in [0.2, 0.25) is 0 Å². The van der Waals surface area contributed by atoms with Gasteiger partial charge in [-0.1, -0.05) is 12.8 Å². The largest absolute Gasteiger partial charge is 0.285 e. The van der Waals surface area contributed by atoms with E-state index in [0.717, 1.165) is 5.69 Å². The Morgan fingerprint density at radius 1 is 1.50 bits per heavy atom. The summed E-state index contributed by atoms with van der Waals surface area (Å²) in [7, 11) is 0. The van der Waals surface area contributed by atoms with Gasteiger partial charge in [-0.2, -0.15) is 5.10 Å². The molecule has 10 heavy (non-hydrogen) atoms. The molecule has 1 aliphatic rings. The highest BCUT2D eigenvalue weighted by Gasteiger charge is 2.18. The van der Waals surface area contributed by atoms with Crippen LogP contribution in [0.4, 0.5) is 0 Å². The Morgan fingerprint density at radius 2 is 2.30 bits per heavy atom. The van der Waals surface area contributed by atoms with E-state index in [4.69, 9.17) is 0 Å². The van der Waals surface area contributed by atoms with Crippen LogP contribution < -0.4 is 0 Å². The molecule has 0 bridgehead atoms. The number of hydrogen-bond acceptors (Lipinski definition) is 1. The molecular formula is C8H11N2. The first kappa shape index (κ1) is 5.96. The smallest absolute Gasteiger partial charge is 0.0732 e. The van der Waals surface area contributed by atoms with Crippen molar-refractivity contribution in [3.8, 4) is 0 Å². The van der Waals surface area contributed by atoms with Crippen molar-refractivity contribution in [1.29, 1.82) is 0 Å². The Kier molecular flexibility index (Phi) is 1.46. The average Bonchev–Trinajstić information content (AvgIpc) is 2.59. The van der Waals surface area contributed by atoms with Gasteiger partial charge in [0.25, 0.3) is 0 Å². The second-order valence-corrected chi connectivity index (χ2v) is 2.90. The van der Waals surface area contributed by atoms with Crippen LogP contribution in [0.15, 0.2) is 6.20 Å². The molecule has 2 rings (SSSR count). The van der Waals surface area contributed by atoms with Gasteiger partial charge in [0.1, 0.15) is 0 Å². The SMILES string of the molecule is [c]1c[nH]nc1C1CCCC1. The fraction of sp³-hybridized carbons (Fsp3) is 0.625. The lowest BCUT2D eigenvalue weighted by Gasteiger charge is -2.01. The normalized spacial score (nSPS) is 20.0. The van der Waals surface area contributed by atoms with Gasteiger partial charge in [0, 0.05) is 18.2 Å². The summed E-state index contributed by atoms with van der Waals surface area (Å²) >= 11 is 0. The van der Waals surface area contributed by atoms with Gasteiger partial charge in [0.05, 0.1) is 5.69 Å². The molecule has 0 atom stereocenters. The summed E-state index contributed by atoms with van der Waals surface area (Å²) in [6.45, 7) is 0. The highest BCUT2D eigenvalue weighted by atomic mass is 15.1. The third kappa shape index (κ3) is 0.939. The lowest BCUT2D eigenvalue weighted by Crippen LogP contribution is -1.91. The molecule has 2 heteroatoms. The third-order valence-electron chi connectivity index (χ3n) is 2.21. The first-order chi connectivity index (χ1) is 4.97. The fourth-order valence-electron chi connectivity index (χ4n) is 1.65. The lowest BCUT2D eigenvalue weighted by molar-refractivity contribution is 0.692. The number of nitrogens with zero attached hydrogens (tertiary/aromatic N) is 1. The third-order valence-corrected chi connectivity index (χ3v) is 2.21. The molecule has 1 heterocycles. The molecule has 1 radical (unpaired) electrons. The van der Waals surface area contributed by atoms with E-state index in [9.17, 15) is 0 Å². The van der Waals surface area contributed by atoms with E-state index in [1.165, 1.54) is 25.7 Å². The zero-order chi connectivity index (χ0) is 6.81. The minimum absolute atomic E-state index is 0.700. The molecule has 0 unspecified atom stereocenters. The predicted molar refractivity (Wildman–Crippen MR) is 38.6 cm³/mol. The minimum Gasteiger partial charge on any atom is -0.285 e. The number of nitrogens with one attached hydrogen (secondary N) is 1. The first-order valence-corrected chi connectivity index (χ1v) is 3.88. The quantitative estimate of drug-likeness (QED) is 0.625. The van der Waals surface area contributed by atoms with Gasteiger partial charge < -0.3 is 0 Å². The Hall–Kier alpha value is -0.790. The molecule has 1 N–H and O–H groups in total. The monoisotopic (exact) mass is 135 g/mol. The summed E-state index contributed by atoms with van der Waals surface area (Å²) in [5.74, 6) is 0.700. The van der Waals surface area contributed by atoms with E-state index >= 15 is 0 Å². The Balaban J connectivity index is 2.12. The maximum atomic E-state index is 4.12. The van der Waals surface area contributed by atoms with Crippen LogP contribution in [0.25, 0.3) is 0 Å². The Labute approximate surface area is 60.6 Å². The summed E-state index contributed by atoms with van der Waals surface area (Å²) in [6.07, 6.45) is 7.13. The van der Waals surface area contributed by atoms with Crippen molar-refractivity contribution in [2.75, 3.05) is 0 Å². The molecule has 0 aliphatic heterocycles. The molecule has 1 fully saturated rings. The van der Waals surface area contributed by atoms with Crippen molar-refractivity contribution in [3.05, 3.63) is 18.0 Å². The van der Waals surface area contributed by atoms with Crippen LogP contribution >= 0.6 is 0 Å². The maximum Gasteiger partial charge on any atom is 0.0732 e. The lowest BCUT2D eigenvalue weighted by atomic mass is 10.1. The molecule has 1 aliphatic carbocycles. The minimum atomic E-state index is 0.700. The van der Waals surface area contributed by atoms with Crippen molar-refractivity contribution in [3.63, 3.8) is 0 Å². The number of H-pyrrole nitrogens is 1. The molecule has 53 valence electrons. The molecule has 1 aromatic heterocycles. The summed E-state index contributed by atoms with van der Waals surface area (Å²) in [6, 6.07) is 3.11. The molecule has 2 nitrogen and oxygen atoms in total. The zero-order valence-corrected chi connectivity index (χ0v) is 5.93. The topological polar surface area (TPSA) is 28.7 Å². The van der Waals surface area contributed by atoms with E-state index in [2.05, 4.69) is 16.3 Å². The molecule has 0 saturated heterocycles. The Bertz CT molecular complexity index is 185. The van der Waals surface area contributed by atoms with E-state index in [1.54, 1.807) is 6.20 Å². The number of aromatic nitrogens is 2. The van der Waals surface area contributed by atoms with Crippen LogP contribution in [-0.4, -0.2) is 10.2 Å². The maximum absolute atomic E-state index is 4.12. The summed E-state index contributed by atoms with van der Waals surface area (Å²) < 4.78 is 0.